The van der Waals surface area contributed by atoms with Crippen molar-refractivity contribution in [2.24, 2.45) is 0 Å². The van der Waals surface area contributed by atoms with Crippen LogP contribution < -0.4 is 11.0 Å². The minimum absolute atomic E-state index is 0.184. The molecule has 92 valence electrons. The van der Waals surface area contributed by atoms with Crippen LogP contribution in [0.2, 0.25) is 5.02 Å². The first-order valence-electron chi connectivity index (χ1n) is 5.01. The molecule has 0 saturated heterocycles. The fraction of sp³-hybridized carbons (Fsp3) is 0.0833. The maximum absolute atomic E-state index is 11.7. The van der Waals surface area contributed by atoms with Gasteiger partial charge >= 0.3 is 0 Å². The van der Waals surface area contributed by atoms with Gasteiger partial charge in [0, 0.05) is 10.4 Å². The van der Waals surface area contributed by atoms with Gasteiger partial charge in [-0.1, -0.05) is 11.6 Å². The van der Waals surface area contributed by atoms with E-state index in [-0.39, 0.29) is 10.9 Å². The van der Waals surface area contributed by atoms with E-state index < -0.39 is 28.1 Å². The summed E-state index contributed by atoms with van der Waals surface area (Å²) in [5.74, 6) is -1.19. The van der Waals surface area contributed by atoms with E-state index in [2.05, 4.69) is 4.98 Å². The Morgan fingerprint density at radius 2 is 2.00 bits per heavy atom. The Bertz CT molecular complexity index is 779. The number of aromatic amines is 1. The van der Waals surface area contributed by atoms with Crippen LogP contribution in [0.3, 0.4) is 0 Å². The lowest BCUT2D eigenvalue weighted by Gasteiger charge is -1.98. The summed E-state index contributed by atoms with van der Waals surface area (Å²) in [7, 11) is 0. The maximum atomic E-state index is 11.7. The van der Waals surface area contributed by atoms with Crippen LogP contribution in [0, 0.1) is 0 Å². The molecule has 6 heteroatoms. The summed E-state index contributed by atoms with van der Waals surface area (Å²) in [4.78, 5) is 36.9. The van der Waals surface area contributed by atoms with Crippen molar-refractivity contribution in [3.05, 3.63) is 49.4 Å². The maximum Gasteiger partial charge on any atom is 0.297 e. The number of carbonyl (C=O) groups is 1. The van der Waals surface area contributed by atoms with Crippen LogP contribution in [-0.4, -0.2) is 15.9 Å². The van der Waals surface area contributed by atoms with Crippen molar-refractivity contribution in [3.63, 3.8) is 0 Å². The average molecular weight is 266 g/mol. The molecule has 1 heterocycles. The molecule has 0 saturated carbocycles. The van der Waals surface area contributed by atoms with Crippen molar-refractivity contribution in [2.45, 2.75) is 6.92 Å². The van der Waals surface area contributed by atoms with Crippen LogP contribution in [0.15, 0.2) is 27.8 Å². The largest absolute Gasteiger partial charge is 0.506 e. The van der Waals surface area contributed by atoms with Crippen LogP contribution in [-0.2, 0) is 0 Å². The molecule has 0 fully saturated rings. The number of rotatable bonds is 1. The Morgan fingerprint density at radius 1 is 1.33 bits per heavy atom. The zero-order valence-electron chi connectivity index (χ0n) is 9.28. The molecule has 0 aliphatic heterocycles. The van der Waals surface area contributed by atoms with Crippen molar-refractivity contribution in [1.82, 2.24) is 4.98 Å². The van der Waals surface area contributed by atoms with Gasteiger partial charge in [0.05, 0.1) is 5.52 Å². The van der Waals surface area contributed by atoms with Crippen molar-refractivity contribution in [3.8, 4) is 5.75 Å². The number of Topliss-reactive ketones (excluding diaryl/α,β-unsaturated/α-hetero) is 1. The number of ketones is 1. The topological polar surface area (TPSA) is 87.2 Å². The van der Waals surface area contributed by atoms with Crippen LogP contribution >= 0.6 is 11.6 Å². The van der Waals surface area contributed by atoms with Gasteiger partial charge in [-0.15, -0.1) is 0 Å². The number of carbonyl (C=O) groups excluding carboxylic acids is 1. The fourth-order valence-corrected chi connectivity index (χ4v) is 1.86. The molecule has 0 aliphatic rings. The molecule has 18 heavy (non-hydrogen) atoms. The van der Waals surface area contributed by atoms with E-state index in [0.29, 0.717) is 5.02 Å². The predicted molar refractivity (Wildman–Crippen MR) is 67.5 cm³/mol. The van der Waals surface area contributed by atoms with E-state index in [1.807, 2.05) is 0 Å². The number of nitrogens with one attached hydrogen (secondary N) is 1. The number of aromatic nitrogens is 1. The molecule has 0 spiro atoms. The molecular weight excluding hydrogens is 258 g/mol. The van der Waals surface area contributed by atoms with Gasteiger partial charge in [0.2, 0.25) is 0 Å². The molecule has 2 N–H and O–H groups in total. The molecule has 0 amide bonds. The van der Waals surface area contributed by atoms with Gasteiger partial charge in [0.25, 0.3) is 11.0 Å². The Hall–Kier alpha value is -2.14. The molecule has 1 aromatic heterocycles. The molecule has 5 nitrogen and oxygen atoms in total. The average Bonchev–Trinajstić information content (AvgIpc) is 2.35. The Balaban J connectivity index is 3.16. The van der Waals surface area contributed by atoms with Gasteiger partial charge in [0.1, 0.15) is 11.3 Å². The second kappa shape index (κ2) is 4.27. The lowest BCUT2D eigenvalue weighted by molar-refractivity contribution is 0.101. The molecule has 1 aromatic carbocycles. The van der Waals surface area contributed by atoms with E-state index in [4.69, 9.17) is 11.6 Å². The first kappa shape index (κ1) is 12.3. The zero-order chi connectivity index (χ0) is 13.4. The third-order valence-corrected chi connectivity index (χ3v) is 2.74. The van der Waals surface area contributed by atoms with Crippen molar-refractivity contribution in [2.75, 3.05) is 0 Å². The van der Waals surface area contributed by atoms with Crippen molar-refractivity contribution < 1.29 is 9.90 Å². The van der Waals surface area contributed by atoms with E-state index >= 15 is 0 Å². The molecule has 0 radical (unpaired) electrons. The van der Waals surface area contributed by atoms with Gasteiger partial charge in [-0.05, 0) is 25.1 Å². The smallest absolute Gasteiger partial charge is 0.297 e. The van der Waals surface area contributed by atoms with Gasteiger partial charge < -0.3 is 10.1 Å². The van der Waals surface area contributed by atoms with E-state index in [0.717, 1.165) is 6.92 Å². The van der Waals surface area contributed by atoms with Crippen LogP contribution in [0.5, 0.6) is 5.75 Å². The molecule has 2 rings (SSSR count). The Morgan fingerprint density at radius 3 is 2.61 bits per heavy atom. The lowest BCUT2D eigenvalue weighted by Crippen LogP contribution is -2.28. The number of benzene rings is 1. The van der Waals surface area contributed by atoms with E-state index in [9.17, 15) is 19.5 Å². The standard InChI is InChI=1S/C12H8ClNO4/c1-5(15)9-10(16)7-3-2-6(13)4-8(7)14-12(18)11(9)17/h2-4,16H,1H3,(H,14,17,18). The summed E-state index contributed by atoms with van der Waals surface area (Å²) < 4.78 is 0. The summed E-state index contributed by atoms with van der Waals surface area (Å²) in [5.41, 5.74) is -2.37. The van der Waals surface area contributed by atoms with Crippen molar-refractivity contribution in [1.29, 1.82) is 0 Å². The number of halogens is 1. The molecule has 0 bridgehead atoms. The predicted octanol–water partition coefficient (Wildman–Crippen LogP) is 1.45. The SMILES string of the molecule is CC(=O)c1c(O)c2ccc(Cl)cc2[nH]c(=O)c1=O. The molecule has 0 atom stereocenters. The number of H-pyrrole nitrogens is 1. The van der Waals surface area contributed by atoms with Gasteiger partial charge in [0.15, 0.2) is 5.78 Å². The first-order valence-corrected chi connectivity index (χ1v) is 5.39. The van der Waals surface area contributed by atoms with Crippen LogP contribution in [0.25, 0.3) is 10.9 Å². The van der Waals surface area contributed by atoms with Crippen LogP contribution in [0.1, 0.15) is 17.3 Å². The van der Waals surface area contributed by atoms with Crippen LogP contribution in [0.4, 0.5) is 0 Å². The molecule has 0 unspecified atom stereocenters. The third-order valence-electron chi connectivity index (χ3n) is 2.51. The zero-order valence-corrected chi connectivity index (χ0v) is 10.0. The number of fused-ring (bicyclic) bond motifs is 1. The summed E-state index contributed by atoms with van der Waals surface area (Å²) in [6, 6.07) is 4.30. The van der Waals surface area contributed by atoms with Gasteiger partial charge in [-0.2, -0.15) is 0 Å². The van der Waals surface area contributed by atoms with E-state index in [1.54, 1.807) is 0 Å². The monoisotopic (exact) mass is 265 g/mol. The quantitative estimate of drug-likeness (QED) is 0.603. The van der Waals surface area contributed by atoms with Gasteiger partial charge in [-0.25, -0.2) is 0 Å². The number of hydrogen-bond donors (Lipinski definition) is 2. The minimum atomic E-state index is -1.06. The van der Waals surface area contributed by atoms with Crippen molar-refractivity contribution >= 4 is 28.3 Å². The number of aromatic hydroxyl groups is 1. The third kappa shape index (κ3) is 1.89. The summed E-state index contributed by atoms with van der Waals surface area (Å²) >= 11 is 5.76. The highest BCUT2D eigenvalue weighted by Gasteiger charge is 2.16. The minimum Gasteiger partial charge on any atom is -0.506 e. The van der Waals surface area contributed by atoms with Gasteiger partial charge in [-0.3, -0.25) is 14.4 Å². The molecule has 2 aromatic rings. The second-order valence-corrected chi connectivity index (χ2v) is 4.19. The highest BCUT2D eigenvalue weighted by Crippen LogP contribution is 2.25. The summed E-state index contributed by atoms with van der Waals surface area (Å²) in [6.07, 6.45) is 0. The fourth-order valence-electron chi connectivity index (χ4n) is 1.69. The number of hydrogen-bond acceptors (Lipinski definition) is 4. The Kier molecular flexibility index (Phi) is 2.92. The normalized spacial score (nSPS) is 10.6. The highest BCUT2D eigenvalue weighted by atomic mass is 35.5. The summed E-state index contributed by atoms with van der Waals surface area (Å²) in [5, 5.41) is 10.5. The molecular formula is C12H8ClNO4. The lowest BCUT2D eigenvalue weighted by atomic mass is 10.1. The summed E-state index contributed by atoms with van der Waals surface area (Å²) in [6.45, 7) is 1.11. The Labute approximate surface area is 106 Å². The van der Waals surface area contributed by atoms with E-state index in [1.165, 1.54) is 18.2 Å². The molecule has 0 aliphatic carbocycles. The first-order chi connectivity index (χ1) is 8.41. The highest BCUT2D eigenvalue weighted by molar-refractivity contribution is 6.31. The second-order valence-electron chi connectivity index (χ2n) is 3.75.